The van der Waals surface area contributed by atoms with E-state index < -0.39 is 0 Å². The third-order valence-electron chi connectivity index (χ3n) is 4.25. The summed E-state index contributed by atoms with van der Waals surface area (Å²) in [5.74, 6) is 0.609. The topological polar surface area (TPSA) is 62.3 Å². The number of amides is 2. The molecule has 0 aliphatic heterocycles. The van der Waals surface area contributed by atoms with E-state index in [2.05, 4.69) is 24.1 Å². The number of nitrogens with zero attached hydrogens (tertiary/aromatic N) is 2. The number of unbranched alkanes of at least 4 members (excludes halogenated alkanes) is 1. The van der Waals surface area contributed by atoms with Gasteiger partial charge in [0.2, 0.25) is 11.8 Å². The van der Waals surface area contributed by atoms with Gasteiger partial charge < -0.3 is 10.2 Å². The van der Waals surface area contributed by atoms with Crippen molar-refractivity contribution in [1.82, 2.24) is 9.88 Å². The van der Waals surface area contributed by atoms with E-state index in [1.54, 1.807) is 11.1 Å². The fraction of sp³-hybridized carbons (Fsp3) is 0.706. The lowest BCUT2D eigenvalue weighted by Gasteiger charge is -2.26. The summed E-state index contributed by atoms with van der Waals surface area (Å²) in [5, 5.41) is 5.19. The van der Waals surface area contributed by atoms with Crippen molar-refractivity contribution in [2.45, 2.75) is 52.4 Å². The molecule has 5 nitrogen and oxygen atoms in total. The summed E-state index contributed by atoms with van der Waals surface area (Å²) in [6.45, 7) is 5.05. The first-order chi connectivity index (χ1) is 11.1. The minimum absolute atomic E-state index is 0.0429. The fourth-order valence-corrected chi connectivity index (χ4v) is 3.22. The highest BCUT2D eigenvalue weighted by Gasteiger charge is 2.30. The van der Waals surface area contributed by atoms with Gasteiger partial charge in [0, 0.05) is 24.0 Å². The third-order valence-corrected chi connectivity index (χ3v) is 4.94. The van der Waals surface area contributed by atoms with Crippen molar-refractivity contribution in [2.75, 3.05) is 18.4 Å². The summed E-state index contributed by atoms with van der Waals surface area (Å²) in [6, 6.07) is 0. The molecule has 1 aliphatic carbocycles. The summed E-state index contributed by atoms with van der Waals surface area (Å²) in [6.07, 6.45) is 7.91. The Morgan fingerprint density at radius 3 is 2.78 bits per heavy atom. The molecular formula is C17H27N3O2S. The number of nitrogens with one attached hydrogen (secondary N) is 1. The average molecular weight is 337 g/mol. The normalized spacial score (nSPS) is 15.2. The lowest BCUT2D eigenvalue weighted by Crippen LogP contribution is -2.42. The number of rotatable bonds is 10. The molecule has 0 aromatic carbocycles. The quantitative estimate of drug-likeness (QED) is 0.710. The van der Waals surface area contributed by atoms with E-state index in [1.165, 1.54) is 24.2 Å². The van der Waals surface area contributed by atoms with Gasteiger partial charge in [-0.1, -0.05) is 26.7 Å². The van der Waals surface area contributed by atoms with Crippen LogP contribution in [0.3, 0.4) is 0 Å². The number of aromatic nitrogens is 1. The minimum atomic E-state index is -0.153. The largest absolute Gasteiger partial charge is 0.333 e. The first-order valence-corrected chi connectivity index (χ1v) is 9.50. The Balaban J connectivity index is 1.94. The van der Waals surface area contributed by atoms with Crippen LogP contribution in [0.5, 0.6) is 0 Å². The van der Waals surface area contributed by atoms with Crippen LogP contribution in [0.4, 0.5) is 5.13 Å². The van der Waals surface area contributed by atoms with Gasteiger partial charge in [-0.3, -0.25) is 9.59 Å². The average Bonchev–Trinajstić information content (AvgIpc) is 3.21. The van der Waals surface area contributed by atoms with Crippen molar-refractivity contribution in [1.29, 1.82) is 0 Å². The zero-order valence-corrected chi connectivity index (χ0v) is 14.9. The van der Waals surface area contributed by atoms with Gasteiger partial charge in [0.1, 0.15) is 0 Å². The number of hydrogen-bond acceptors (Lipinski definition) is 4. The van der Waals surface area contributed by atoms with Gasteiger partial charge in [-0.25, -0.2) is 4.98 Å². The van der Waals surface area contributed by atoms with E-state index in [4.69, 9.17) is 0 Å². The molecule has 1 fully saturated rings. The number of anilines is 1. The minimum Gasteiger partial charge on any atom is -0.333 e. The number of carbonyl (C=O) groups excluding carboxylic acids is 2. The highest BCUT2D eigenvalue weighted by atomic mass is 32.1. The predicted octanol–water partition coefficient (Wildman–Crippen LogP) is 3.54. The maximum absolute atomic E-state index is 12.8. The molecule has 23 heavy (non-hydrogen) atoms. The Kier molecular flexibility index (Phi) is 7.02. The summed E-state index contributed by atoms with van der Waals surface area (Å²) >= 11 is 1.39. The molecular weight excluding hydrogens is 310 g/mol. The van der Waals surface area contributed by atoms with Gasteiger partial charge >= 0.3 is 0 Å². The van der Waals surface area contributed by atoms with Crippen LogP contribution in [0.2, 0.25) is 0 Å². The van der Waals surface area contributed by atoms with Crippen LogP contribution in [0.1, 0.15) is 52.4 Å². The van der Waals surface area contributed by atoms with Crippen LogP contribution in [0.15, 0.2) is 11.6 Å². The van der Waals surface area contributed by atoms with Crippen molar-refractivity contribution in [3.8, 4) is 0 Å². The van der Waals surface area contributed by atoms with Crippen molar-refractivity contribution in [3.05, 3.63) is 11.6 Å². The molecule has 0 saturated heterocycles. The first-order valence-electron chi connectivity index (χ1n) is 8.62. The molecule has 1 N–H and O–H groups in total. The molecule has 2 rings (SSSR count). The van der Waals surface area contributed by atoms with E-state index in [1.807, 2.05) is 5.38 Å². The fourth-order valence-electron chi connectivity index (χ4n) is 2.67. The maximum Gasteiger partial charge on any atom is 0.245 e. The van der Waals surface area contributed by atoms with Gasteiger partial charge in [0.05, 0.1) is 6.54 Å². The van der Waals surface area contributed by atoms with Gasteiger partial charge in [-0.15, -0.1) is 11.3 Å². The second-order valence-electron chi connectivity index (χ2n) is 6.29. The zero-order valence-electron chi connectivity index (χ0n) is 14.1. The van der Waals surface area contributed by atoms with Crippen LogP contribution >= 0.6 is 11.3 Å². The van der Waals surface area contributed by atoms with Crippen LogP contribution in [-0.4, -0.2) is 34.8 Å². The summed E-state index contributed by atoms with van der Waals surface area (Å²) in [4.78, 5) is 30.9. The molecule has 0 bridgehead atoms. The number of thiazole rings is 1. The lowest BCUT2D eigenvalue weighted by atomic mass is 9.97. The van der Waals surface area contributed by atoms with Gasteiger partial charge in [-0.2, -0.15) is 0 Å². The van der Waals surface area contributed by atoms with E-state index in [0.29, 0.717) is 17.6 Å². The van der Waals surface area contributed by atoms with E-state index in [-0.39, 0.29) is 24.3 Å². The van der Waals surface area contributed by atoms with E-state index in [9.17, 15) is 9.59 Å². The Labute approximate surface area is 142 Å². The molecule has 128 valence electrons. The number of carbonyl (C=O) groups is 2. The molecule has 0 unspecified atom stereocenters. The van der Waals surface area contributed by atoms with Crippen LogP contribution in [-0.2, 0) is 9.59 Å². The lowest BCUT2D eigenvalue weighted by molar-refractivity contribution is -0.139. The predicted molar refractivity (Wildman–Crippen MR) is 93.4 cm³/mol. The molecule has 1 heterocycles. The summed E-state index contributed by atoms with van der Waals surface area (Å²) < 4.78 is 0. The summed E-state index contributed by atoms with van der Waals surface area (Å²) in [5.41, 5.74) is 0. The zero-order chi connectivity index (χ0) is 16.7. The Morgan fingerprint density at radius 1 is 1.43 bits per heavy atom. The summed E-state index contributed by atoms with van der Waals surface area (Å²) in [7, 11) is 0. The highest BCUT2D eigenvalue weighted by Crippen LogP contribution is 2.30. The third kappa shape index (κ3) is 5.94. The smallest absolute Gasteiger partial charge is 0.245 e. The molecule has 6 heteroatoms. The Hall–Kier alpha value is -1.43. The maximum atomic E-state index is 12.8. The first kappa shape index (κ1) is 17.9. The van der Waals surface area contributed by atoms with Crippen LogP contribution in [0, 0.1) is 11.8 Å². The molecule has 2 amide bonds. The molecule has 1 aromatic rings. The highest BCUT2D eigenvalue weighted by molar-refractivity contribution is 7.13. The van der Waals surface area contributed by atoms with Crippen molar-refractivity contribution in [3.63, 3.8) is 0 Å². The van der Waals surface area contributed by atoms with Crippen molar-refractivity contribution >= 4 is 28.3 Å². The SMILES string of the molecule is CCCC[C@@H](CC)C(=O)N(CC(=O)Nc1nccs1)CC1CC1. The second kappa shape index (κ2) is 9.01. The van der Waals surface area contributed by atoms with Crippen LogP contribution < -0.4 is 5.32 Å². The molecule has 1 aliphatic rings. The van der Waals surface area contributed by atoms with Gasteiger partial charge in [0.15, 0.2) is 5.13 Å². The Morgan fingerprint density at radius 2 is 2.22 bits per heavy atom. The standard InChI is InChI=1S/C17H27N3O2S/c1-3-5-6-14(4-2)16(22)20(11-13-7-8-13)12-15(21)19-17-18-9-10-23-17/h9-10,13-14H,3-8,11-12H2,1-2H3,(H,18,19,21)/t14-/m1/s1. The molecule has 1 saturated carbocycles. The molecule has 0 spiro atoms. The second-order valence-corrected chi connectivity index (χ2v) is 7.19. The monoisotopic (exact) mass is 337 g/mol. The van der Waals surface area contributed by atoms with Crippen molar-refractivity contribution < 1.29 is 9.59 Å². The molecule has 1 aromatic heterocycles. The number of hydrogen-bond donors (Lipinski definition) is 1. The van der Waals surface area contributed by atoms with Gasteiger partial charge in [-0.05, 0) is 31.6 Å². The Bertz CT molecular complexity index is 500. The van der Waals surface area contributed by atoms with Gasteiger partial charge in [0.25, 0.3) is 0 Å². The van der Waals surface area contributed by atoms with Crippen LogP contribution in [0.25, 0.3) is 0 Å². The van der Waals surface area contributed by atoms with Crippen molar-refractivity contribution in [2.24, 2.45) is 11.8 Å². The van der Waals surface area contributed by atoms with E-state index >= 15 is 0 Å². The molecule has 1 atom stereocenters. The molecule has 0 radical (unpaired) electrons. The van der Waals surface area contributed by atoms with E-state index in [0.717, 1.165) is 25.7 Å².